The lowest BCUT2D eigenvalue weighted by Crippen LogP contribution is -2.64. The Kier molecular flexibility index (Phi) is 11.0. The third-order valence-corrected chi connectivity index (χ3v) is 11.3. The smallest absolute Gasteiger partial charge is 0.287 e. The van der Waals surface area contributed by atoms with E-state index in [-0.39, 0.29) is 51.4 Å². The molecule has 3 heterocycles. The van der Waals surface area contributed by atoms with Gasteiger partial charge in [0.2, 0.25) is 27.6 Å². The number of primary amides is 1. The van der Waals surface area contributed by atoms with Crippen LogP contribution in [0.15, 0.2) is 29.3 Å². The molecule has 0 radical (unpaired) electrons. The van der Waals surface area contributed by atoms with Gasteiger partial charge >= 0.3 is 0 Å². The summed E-state index contributed by atoms with van der Waals surface area (Å²) in [5, 5.41) is 21.5. The van der Waals surface area contributed by atoms with E-state index >= 15 is 0 Å². The molecule has 3 aliphatic rings. The molecule has 5 N–H and O–H groups in total. The van der Waals surface area contributed by atoms with E-state index < -0.39 is 79.3 Å². The number of amides is 3. The molecule has 3 amide bonds. The lowest BCUT2D eigenvalue weighted by atomic mass is 9.84. The average molecular weight is 724 g/mol. The molecule has 1 aromatic carbocycles. The summed E-state index contributed by atoms with van der Waals surface area (Å²) < 4.78 is 64.0. The molecule has 2 aromatic rings. The molecular formula is C32H43F2N7O8S. The largest absolute Gasteiger partial charge is 0.384 e. The molecule has 2 saturated heterocycles. The molecule has 0 bridgehead atoms. The van der Waals surface area contributed by atoms with Crippen LogP contribution in [0.1, 0.15) is 83.4 Å². The minimum Gasteiger partial charge on any atom is -0.384 e. The third kappa shape index (κ3) is 8.03. The number of sulfonamides is 1. The molecule has 1 saturated carbocycles. The predicted molar refractivity (Wildman–Crippen MR) is 171 cm³/mol. The van der Waals surface area contributed by atoms with Crippen molar-refractivity contribution in [2.24, 2.45) is 11.7 Å². The number of ether oxygens (including phenoxy) is 1. The Morgan fingerprint density at radius 2 is 1.80 bits per heavy atom. The van der Waals surface area contributed by atoms with Gasteiger partial charge < -0.3 is 25.8 Å². The summed E-state index contributed by atoms with van der Waals surface area (Å²) >= 11 is 0. The number of aromatic nitrogens is 3. The zero-order valence-corrected chi connectivity index (χ0v) is 28.8. The lowest BCUT2D eigenvalue weighted by Gasteiger charge is -2.37. The van der Waals surface area contributed by atoms with Crippen LogP contribution in [0.4, 0.5) is 8.78 Å². The molecular weight excluding hydrogens is 680 g/mol. The molecule has 3 fully saturated rings. The number of halogens is 2. The topological polar surface area (TPSA) is 216 Å². The van der Waals surface area contributed by atoms with E-state index in [9.17, 15) is 41.5 Å². The van der Waals surface area contributed by atoms with Crippen LogP contribution in [0.3, 0.4) is 0 Å². The first-order valence-corrected chi connectivity index (χ1v) is 18.2. The van der Waals surface area contributed by atoms with E-state index in [2.05, 4.69) is 20.4 Å². The highest BCUT2D eigenvalue weighted by molar-refractivity contribution is 7.89. The van der Waals surface area contributed by atoms with Crippen molar-refractivity contribution in [1.82, 2.24) is 29.9 Å². The molecule has 0 spiro atoms. The van der Waals surface area contributed by atoms with Gasteiger partial charge in [0, 0.05) is 39.0 Å². The fraction of sp³-hybridized carbons (Fsp3) is 0.625. The molecule has 1 aromatic heterocycles. The van der Waals surface area contributed by atoms with Gasteiger partial charge in [-0.15, -0.1) is 5.10 Å². The van der Waals surface area contributed by atoms with Crippen LogP contribution < -0.4 is 15.8 Å². The van der Waals surface area contributed by atoms with Crippen LogP contribution in [-0.4, -0.2) is 94.3 Å². The number of aliphatic hydroxyl groups is 1. The van der Waals surface area contributed by atoms with Crippen molar-refractivity contribution < 1.29 is 46.2 Å². The van der Waals surface area contributed by atoms with E-state index in [4.69, 9.17) is 10.5 Å². The quantitative estimate of drug-likeness (QED) is 0.228. The lowest BCUT2D eigenvalue weighted by molar-refractivity contribution is -0.147. The van der Waals surface area contributed by atoms with Crippen molar-refractivity contribution in [3.05, 3.63) is 41.7 Å². The van der Waals surface area contributed by atoms with Gasteiger partial charge in [-0.05, 0) is 44.4 Å². The van der Waals surface area contributed by atoms with Gasteiger partial charge in [0.05, 0.1) is 22.8 Å². The number of hydrogen-bond donors (Lipinski definition) is 4. The van der Waals surface area contributed by atoms with Crippen molar-refractivity contribution >= 4 is 33.5 Å². The number of Topliss-reactive ketones (excluding diaryl/α,β-unsaturated/α-hetero) is 1. The fourth-order valence-corrected chi connectivity index (χ4v) is 8.39. The maximum absolute atomic E-state index is 14.6. The van der Waals surface area contributed by atoms with Crippen LogP contribution >= 0.6 is 0 Å². The van der Waals surface area contributed by atoms with E-state index in [1.165, 1.54) is 29.6 Å². The first-order chi connectivity index (χ1) is 23.5. The maximum atomic E-state index is 14.6. The average Bonchev–Trinajstić information content (AvgIpc) is 3.74. The number of nitrogens with zero attached hydrogens (tertiary/aromatic N) is 4. The number of ketones is 1. The number of benzene rings is 1. The molecule has 15 nitrogen and oxygen atoms in total. The third-order valence-electron chi connectivity index (χ3n) is 9.87. The minimum atomic E-state index is -4.57. The Morgan fingerprint density at radius 3 is 2.42 bits per heavy atom. The molecule has 3 atom stereocenters. The van der Waals surface area contributed by atoms with Crippen molar-refractivity contribution in [2.75, 3.05) is 19.8 Å². The highest BCUT2D eigenvalue weighted by atomic mass is 32.2. The second-order valence-corrected chi connectivity index (χ2v) is 15.6. The molecule has 50 heavy (non-hydrogen) atoms. The van der Waals surface area contributed by atoms with Gasteiger partial charge in [-0.3, -0.25) is 19.2 Å². The van der Waals surface area contributed by atoms with Gasteiger partial charge in [-0.2, -0.15) is 4.72 Å². The van der Waals surface area contributed by atoms with E-state index in [0.717, 1.165) is 38.2 Å². The van der Waals surface area contributed by atoms with E-state index in [1.54, 1.807) is 0 Å². The van der Waals surface area contributed by atoms with Crippen molar-refractivity contribution in [3.8, 4) is 0 Å². The van der Waals surface area contributed by atoms with Gasteiger partial charge in [0.25, 0.3) is 5.91 Å². The van der Waals surface area contributed by atoms with E-state index in [1.807, 2.05) is 0 Å². The second kappa shape index (κ2) is 14.8. The van der Waals surface area contributed by atoms with Gasteiger partial charge in [-0.1, -0.05) is 37.3 Å². The zero-order chi connectivity index (χ0) is 36.4. The molecule has 1 unspecified atom stereocenters. The summed E-state index contributed by atoms with van der Waals surface area (Å²) in [6.07, 6.45) is 5.46. The van der Waals surface area contributed by atoms with Crippen LogP contribution in [0.5, 0.6) is 0 Å². The molecule has 1 aliphatic carbocycles. The first-order valence-electron chi connectivity index (χ1n) is 16.7. The van der Waals surface area contributed by atoms with Gasteiger partial charge in [-0.25, -0.2) is 21.9 Å². The van der Waals surface area contributed by atoms with Crippen LogP contribution in [0.2, 0.25) is 0 Å². The molecule has 274 valence electrons. The van der Waals surface area contributed by atoms with Crippen LogP contribution in [0, 0.1) is 17.6 Å². The maximum Gasteiger partial charge on any atom is 0.287 e. The Labute approximate surface area is 288 Å². The SMILES string of the molecule is CC(C)(O)c1cnnn1[C@H]1C[C@@H](C(=O)NC2(C(=O)C(N)=O)CCOCC2)N(C(=O)C(CC2CCCCC2)NS(=O)(=O)c2ccc(F)c(F)c2)C1. The molecule has 5 rings (SSSR count). The number of nitrogens with one attached hydrogen (secondary N) is 2. The Balaban J connectivity index is 1.52. The highest BCUT2D eigenvalue weighted by Crippen LogP contribution is 2.34. The minimum absolute atomic E-state index is 0.0468. The van der Waals surface area contributed by atoms with Crippen LogP contribution in [0.25, 0.3) is 0 Å². The zero-order valence-electron chi connectivity index (χ0n) is 27.9. The second-order valence-electron chi connectivity index (χ2n) is 13.9. The fourth-order valence-electron chi connectivity index (χ4n) is 7.17. The monoisotopic (exact) mass is 723 g/mol. The van der Waals surface area contributed by atoms with Crippen molar-refractivity contribution in [1.29, 1.82) is 0 Å². The summed E-state index contributed by atoms with van der Waals surface area (Å²) in [7, 11) is -4.57. The number of hydrogen-bond acceptors (Lipinski definition) is 10. The molecule has 18 heteroatoms. The highest BCUT2D eigenvalue weighted by Gasteiger charge is 2.49. The number of rotatable bonds is 12. The summed E-state index contributed by atoms with van der Waals surface area (Å²) in [6.45, 7) is 2.97. The summed E-state index contributed by atoms with van der Waals surface area (Å²) in [5.41, 5.74) is 2.55. The van der Waals surface area contributed by atoms with Crippen molar-refractivity contribution in [2.45, 2.75) is 106 Å². The number of carbonyl (C=O) groups is 4. The summed E-state index contributed by atoms with van der Waals surface area (Å²) in [6, 6.07) is -1.36. The molecule has 2 aliphatic heterocycles. The van der Waals surface area contributed by atoms with Gasteiger partial charge in [0.15, 0.2) is 11.6 Å². The van der Waals surface area contributed by atoms with Gasteiger partial charge in [0.1, 0.15) is 23.2 Å². The summed E-state index contributed by atoms with van der Waals surface area (Å²) in [4.78, 5) is 54.5. The Morgan fingerprint density at radius 1 is 1.12 bits per heavy atom. The van der Waals surface area contributed by atoms with E-state index in [0.29, 0.717) is 17.8 Å². The number of nitrogens with two attached hydrogens (primary N) is 1. The van der Waals surface area contributed by atoms with Crippen LogP contribution in [-0.2, 0) is 39.5 Å². The predicted octanol–water partition coefficient (Wildman–Crippen LogP) is 0.963. The summed E-state index contributed by atoms with van der Waals surface area (Å²) in [5.74, 6) is -6.50. The Hall–Kier alpha value is -3.87. The first kappa shape index (κ1) is 37.4. The standard InChI is InChI=1S/C32H43F2N7O8S/c1-31(2,46)26-17-36-39-41(26)20-15-25(29(44)37-32(27(42)28(35)43)10-12-49-13-11-32)40(18-20)30(45)24(14-19-6-4-3-5-7-19)38-50(47,48)21-8-9-22(33)23(34)16-21/h8-9,16-17,19-20,24-25,38,46H,3-7,10-15,18H2,1-2H3,(H2,35,43)(H,37,44)/t20-,24?,25-/m0/s1. The van der Waals surface area contributed by atoms with Crippen molar-refractivity contribution in [3.63, 3.8) is 0 Å². The number of likely N-dealkylation sites (tertiary alicyclic amines) is 1. The Bertz CT molecular complexity index is 1720. The number of carbonyl (C=O) groups excluding carboxylic acids is 4. The normalized spacial score (nSPS) is 22.2.